The molecular formula is C14H20N2O3S. The maximum atomic E-state index is 5.62. The monoisotopic (exact) mass is 296 g/mol. The molecule has 0 bridgehead atoms. The Kier molecular flexibility index (Phi) is 5.43. The molecule has 0 radical (unpaired) electrons. The molecule has 2 aromatic rings. The van der Waals surface area contributed by atoms with Crippen molar-refractivity contribution in [1.29, 1.82) is 0 Å². The highest BCUT2D eigenvalue weighted by molar-refractivity contribution is 7.22. The minimum atomic E-state index is 0.606. The van der Waals surface area contributed by atoms with Crippen LogP contribution in [0.1, 0.15) is 13.8 Å². The summed E-state index contributed by atoms with van der Waals surface area (Å²) in [6.45, 7) is 6.54. The molecule has 0 atom stereocenters. The zero-order valence-corrected chi connectivity index (χ0v) is 12.9. The molecule has 0 saturated heterocycles. The van der Waals surface area contributed by atoms with Crippen LogP contribution in [0.3, 0.4) is 0 Å². The van der Waals surface area contributed by atoms with E-state index in [1.54, 1.807) is 18.4 Å². The molecule has 0 aliphatic heterocycles. The number of anilines is 1. The number of benzene rings is 1. The first-order valence-corrected chi connectivity index (χ1v) is 7.53. The number of nitrogens with one attached hydrogen (secondary N) is 1. The van der Waals surface area contributed by atoms with Crippen molar-refractivity contribution in [2.24, 2.45) is 0 Å². The van der Waals surface area contributed by atoms with Gasteiger partial charge in [0.1, 0.15) is 0 Å². The quantitative estimate of drug-likeness (QED) is 0.758. The molecule has 1 aromatic carbocycles. The lowest BCUT2D eigenvalue weighted by molar-refractivity contribution is 0.211. The minimum Gasteiger partial charge on any atom is -0.490 e. The van der Waals surface area contributed by atoms with Gasteiger partial charge < -0.3 is 19.5 Å². The van der Waals surface area contributed by atoms with E-state index < -0.39 is 0 Å². The van der Waals surface area contributed by atoms with Crippen molar-refractivity contribution in [3.63, 3.8) is 0 Å². The second-order valence-electron chi connectivity index (χ2n) is 4.07. The van der Waals surface area contributed by atoms with E-state index in [0.29, 0.717) is 19.8 Å². The van der Waals surface area contributed by atoms with E-state index in [1.807, 2.05) is 26.0 Å². The van der Waals surface area contributed by atoms with Crippen LogP contribution in [0.4, 0.5) is 5.13 Å². The summed E-state index contributed by atoms with van der Waals surface area (Å²) in [5.74, 6) is 1.52. The largest absolute Gasteiger partial charge is 0.490 e. The molecule has 1 N–H and O–H groups in total. The van der Waals surface area contributed by atoms with Gasteiger partial charge in [-0.2, -0.15) is 0 Å². The molecule has 5 nitrogen and oxygen atoms in total. The van der Waals surface area contributed by atoms with Crippen LogP contribution in [-0.2, 0) is 4.74 Å². The molecule has 0 fully saturated rings. The Bertz CT molecular complexity index is 514. The van der Waals surface area contributed by atoms with Gasteiger partial charge in [-0.3, -0.25) is 0 Å². The van der Waals surface area contributed by atoms with Crippen molar-refractivity contribution in [3.8, 4) is 11.5 Å². The lowest BCUT2D eigenvalue weighted by atomic mass is 10.3. The minimum absolute atomic E-state index is 0.606. The maximum absolute atomic E-state index is 5.62. The van der Waals surface area contributed by atoms with Crippen LogP contribution in [-0.4, -0.2) is 38.5 Å². The number of rotatable bonds is 8. The number of hydrogen-bond donors (Lipinski definition) is 1. The first kappa shape index (κ1) is 14.9. The highest BCUT2D eigenvalue weighted by Gasteiger charge is 2.11. The topological polar surface area (TPSA) is 52.6 Å². The van der Waals surface area contributed by atoms with Crippen molar-refractivity contribution < 1.29 is 14.2 Å². The fourth-order valence-electron chi connectivity index (χ4n) is 1.81. The van der Waals surface area contributed by atoms with Crippen molar-refractivity contribution in [3.05, 3.63) is 12.1 Å². The summed E-state index contributed by atoms with van der Waals surface area (Å²) in [7, 11) is 1.68. The van der Waals surface area contributed by atoms with Gasteiger partial charge in [0.2, 0.25) is 0 Å². The molecule has 20 heavy (non-hydrogen) atoms. The second kappa shape index (κ2) is 7.31. The molecule has 0 aliphatic rings. The van der Waals surface area contributed by atoms with Crippen molar-refractivity contribution in [1.82, 2.24) is 4.98 Å². The van der Waals surface area contributed by atoms with Gasteiger partial charge >= 0.3 is 0 Å². The fraction of sp³-hybridized carbons (Fsp3) is 0.500. The van der Waals surface area contributed by atoms with E-state index in [1.165, 1.54) is 0 Å². The fourth-order valence-corrected chi connectivity index (χ4v) is 2.71. The molecule has 0 amide bonds. The van der Waals surface area contributed by atoms with Crippen molar-refractivity contribution in [2.45, 2.75) is 13.8 Å². The molecular weight excluding hydrogens is 276 g/mol. The third-order valence-electron chi connectivity index (χ3n) is 2.64. The van der Waals surface area contributed by atoms with E-state index in [4.69, 9.17) is 14.2 Å². The van der Waals surface area contributed by atoms with Crippen LogP contribution in [0.2, 0.25) is 0 Å². The number of hydrogen-bond acceptors (Lipinski definition) is 6. The summed E-state index contributed by atoms with van der Waals surface area (Å²) in [5.41, 5.74) is 0.918. The average molecular weight is 296 g/mol. The van der Waals surface area contributed by atoms with Crippen LogP contribution in [0.15, 0.2) is 12.1 Å². The Balaban J connectivity index is 2.26. The summed E-state index contributed by atoms with van der Waals surface area (Å²) in [5, 5.41) is 4.12. The smallest absolute Gasteiger partial charge is 0.183 e. The Morgan fingerprint density at radius 1 is 1.15 bits per heavy atom. The Morgan fingerprint density at radius 2 is 1.85 bits per heavy atom. The highest BCUT2D eigenvalue weighted by Crippen LogP contribution is 2.36. The molecule has 0 unspecified atom stereocenters. The molecule has 0 aliphatic carbocycles. The predicted molar refractivity (Wildman–Crippen MR) is 82.3 cm³/mol. The van der Waals surface area contributed by atoms with Gasteiger partial charge in [-0.15, -0.1) is 0 Å². The van der Waals surface area contributed by atoms with E-state index in [9.17, 15) is 0 Å². The molecule has 2 rings (SSSR count). The first-order chi connectivity index (χ1) is 9.78. The van der Waals surface area contributed by atoms with Crippen molar-refractivity contribution in [2.75, 3.05) is 38.8 Å². The third kappa shape index (κ3) is 3.52. The van der Waals surface area contributed by atoms with Gasteiger partial charge in [0, 0.05) is 25.8 Å². The summed E-state index contributed by atoms with van der Waals surface area (Å²) < 4.78 is 17.3. The molecule has 1 aromatic heterocycles. The van der Waals surface area contributed by atoms with Gasteiger partial charge in [-0.25, -0.2) is 4.98 Å². The summed E-state index contributed by atoms with van der Waals surface area (Å²) in [6.07, 6.45) is 0. The van der Waals surface area contributed by atoms with Crippen LogP contribution in [0.5, 0.6) is 11.5 Å². The number of thiazole rings is 1. The van der Waals surface area contributed by atoms with Crippen LogP contribution >= 0.6 is 11.3 Å². The Morgan fingerprint density at radius 3 is 2.50 bits per heavy atom. The zero-order chi connectivity index (χ0) is 14.4. The summed E-state index contributed by atoms with van der Waals surface area (Å²) >= 11 is 1.60. The maximum Gasteiger partial charge on any atom is 0.183 e. The zero-order valence-electron chi connectivity index (χ0n) is 12.1. The van der Waals surface area contributed by atoms with E-state index in [0.717, 1.165) is 33.4 Å². The summed E-state index contributed by atoms with van der Waals surface area (Å²) in [4.78, 5) is 4.54. The highest BCUT2D eigenvalue weighted by atomic mass is 32.1. The molecule has 0 spiro atoms. The van der Waals surface area contributed by atoms with E-state index in [-0.39, 0.29) is 0 Å². The molecule has 110 valence electrons. The van der Waals surface area contributed by atoms with Crippen LogP contribution < -0.4 is 14.8 Å². The van der Waals surface area contributed by atoms with Gasteiger partial charge in [0.25, 0.3) is 0 Å². The Labute approximate surface area is 122 Å². The average Bonchev–Trinajstić information content (AvgIpc) is 2.82. The second-order valence-corrected chi connectivity index (χ2v) is 5.10. The standard InChI is InChI=1S/C14H20N2O3S/c1-4-18-11-8-10-13(9-12(11)19-5-2)20-14(16-10)15-6-7-17-3/h8-9H,4-7H2,1-3H3,(H,15,16). The SMILES string of the molecule is CCOc1cc2nc(NCCOC)sc2cc1OCC. The van der Waals surface area contributed by atoms with E-state index in [2.05, 4.69) is 10.3 Å². The van der Waals surface area contributed by atoms with Gasteiger partial charge in [0.15, 0.2) is 16.6 Å². The molecule has 6 heteroatoms. The predicted octanol–water partition coefficient (Wildman–Crippen LogP) is 3.15. The van der Waals surface area contributed by atoms with Gasteiger partial charge in [-0.1, -0.05) is 11.3 Å². The number of methoxy groups -OCH3 is 1. The number of aromatic nitrogens is 1. The van der Waals surface area contributed by atoms with Gasteiger partial charge in [-0.05, 0) is 13.8 Å². The summed E-state index contributed by atoms with van der Waals surface area (Å²) in [6, 6.07) is 3.92. The lowest BCUT2D eigenvalue weighted by Gasteiger charge is -2.10. The number of ether oxygens (including phenoxy) is 3. The first-order valence-electron chi connectivity index (χ1n) is 6.71. The van der Waals surface area contributed by atoms with E-state index >= 15 is 0 Å². The normalized spacial score (nSPS) is 10.8. The Hall–Kier alpha value is -1.53. The third-order valence-corrected chi connectivity index (χ3v) is 3.61. The molecule has 0 saturated carbocycles. The number of nitrogens with zero attached hydrogens (tertiary/aromatic N) is 1. The van der Waals surface area contributed by atoms with Crippen LogP contribution in [0, 0.1) is 0 Å². The van der Waals surface area contributed by atoms with Crippen LogP contribution in [0.25, 0.3) is 10.2 Å². The van der Waals surface area contributed by atoms with Crippen molar-refractivity contribution >= 4 is 26.7 Å². The van der Waals surface area contributed by atoms with Gasteiger partial charge in [0.05, 0.1) is 30.0 Å². The number of fused-ring (bicyclic) bond motifs is 1. The molecule has 1 heterocycles. The lowest BCUT2D eigenvalue weighted by Crippen LogP contribution is -2.06.